The van der Waals surface area contributed by atoms with E-state index in [1.807, 2.05) is 55.5 Å². The predicted octanol–water partition coefficient (Wildman–Crippen LogP) is 5.36. The highest BCUT2D eigenvalue weighted by atomic mass is 35.5. The number of nitrogens with one attached hydrogen (secondary N) is 1. The maximum Gasteiger partial charge on any atom is 0.138 e. The average Bonchev–Trinajstić information content (AvgIpc) is 2.82. The van der Waals surface area contributed by atoms with E-state index in [-0.39, 0.29) is 0 Å². The predicted molar refractivity (Wildman–Crippen MR) is 84.2 cm³/mol. The number of H-pyrrole nitrogens is 1. The maximum atomic E-state index is 6.04. The molecule has 3 rings (SSSR count). The van der Waals surface area contributed by atoms with Gasteiger partial charge in [-0.15, -0.1) is 0 Å². The van der Waals surface area contributed by atoms with Crippen LogP contribution in [0.3, 0.4) is 0 Å². The maximum absolute atomic E-state index is 6.04. The lowest BCUT2D eigenvalue weighted by Gasteiger charge is -1.98. The van der Waals surface area contributed by atoms with Gasteiger partial charge in [-0.3, -0.25) is 0 Å². The number of aryl methyl sites for hydroxylation is 1. The summed E-state index contributed by atoms with van der Waals surface area (Å²) in [6.07, 6.45) is 0. The van der Waals surface area contributed by atoms with Crippen LogP contribution in [0.4, 0.5) is 0 Å². The molecule has 1 heterocycles. The van der Waals surface area contributed by atoms with Crippen LogP contribution < -0.4 is 0 Å². The van der Waals surface area contributed by atoms with Crippen molar-refractivity contribution >= 4 is 23.2 Å². The van der Waals surface area contributed by atoms with E-state index in [0.717, 1.165) is 28.3 Å². The first kappa shape index (κ1) is 13.2. The molecule has 0 spiro atoms. The van der Waals surface area contributed by atoms with Crippen molar-refractivity contribution in [3.05, 3.63) is 64.3 Å². The van der Waals surface area contributed by atoms with Crippen molar-refractivity contribution in [2.75, 3.05) is 0 Å². The Balaban J connectivity index is 2.05. The molecule has 0 radical (unpaired) electrons. The molecule has 3 aromatic rings. The van der Waals surface area contributed by atoms with Crippen molar-refractivity contribution in [3.8, 4) is 22.6 Å². The molecule has 4 heteroatoms. The Labute approximate surface area is 127 Å². The third-order valence-corrected chi connectivity index (χ3v) is 3.59. The van der Waals surface area contributed by atoms with Crippen LogP contribution in [0.2, 0.25) is 10.0 Å². The van der Waals surface area contributed by atoms with Crippen LogP contribution in [0, 0.1) is 6.92 Å². The molecule has 100 valence electrons. The molecule has 0 aliphatic heterocycles. The normalized spacial score (nSPS) is 10.8. The Bertz CT molecular complexity index is 745. The number of nitrogens with zero attached hydrogens (tertiary/aromatic N) is 1. The second kappa shape index (κ2) is 5.31. The van der Waals surface area contributed by atoms with Crippen LogP contribution in [0.5, 0.6) is 0 Å². The average molecular weight is 303 g/mol. The van der Waals surface area contributed by atoms with Gasteiger partial charge in [-0.05, 0) is 43.3 Å². The molecule has 0 atom stereocenters. The number of aromatic nitrogens is 2. The van der Waals surface area contributed by atoms with Crippen LogP contribution >= 0.6 is 23.2 Å². The Hall–Kier alpha value is -1.77. The minimum absolute atomic E-state index is 0.706. The Kier molecular flexibility index (Phi) is 3.51. The largest absolute Gasteiger partial charge is 0.342 e. The molecule has 1 aromatic heterocycles. The molecule has 0 aliphatic carbocycles. The SMILES string of the molecule is Cc1[nH]c(-c2ccc(Cl)cc2)nc1-c1cccc(Cl)c1. The quantitative estimate of drug-likeness (QED) is 0.678. The van der Waals surface area contributed by atoms with Gasteiger partial charge in [0.05, 0.1) is 5.69 Å². The Morgan fingerprint density at radius 3 is 2.35 bits per heavy atom. The molecule has 0 saturated carbocycles. The van der Waals surface area contributed by atoms with E-state index in [1.54, 1.807) is 0 Å². The molecular formula is C16H12Cl2N2. The zero-order valence-corrected chi connectivity index (χ0v) is 12.3. The summed E-state index contributed by atoms with van der Waals surface area (Å²) in [5.74, 6) is 0.828. The van der Waals surface area contributed by atoms with Crippen molar-refractivity contribution < 1.29 is 0 Å². The molecule has 2 nitrogen and oxygen atoms in total. The van der Waals surface area contributed by atoms with Crippen molar-refractivity contribution in [2.45, 2.75) is 6.92 Å². The van der Waals surface area contributed by atoms with Gasteiger partial charge >= 0.3 is 0 Å². The van der Waals surface area contributed by atoms with Crippen LogP contribution in [0.25, 0.3) is 22.6 Å². The third-order valence-electron chi connectivity index (χ3n) is 3.10. The van der Waals surface area contributed by atoms with Crippen LogP contribution in [-0.4, -0.2) is 9.97 Å². The molecular weight excluding hydrogens is 291 g/mol. The molecule has 0 bridgehead atoms. The molecule has 0 saturated heterocycles. The summed E-state index contributed by atoms with van der Waals surface area (Å²) >= 11 is 11.9. The van der Waals surface area contributed by atoms with Gasteiger partial charge in [0, 0.05) is 26.9 Å². The van der Waals surface area contributed by atoms with Crippen molar-refractivity contribution in [3.63, 3.8) is 0 Å². The summed E-state index contributed by atoms with van der Waals surface area (Å²) in [5, 5.41) is 1.42. The summed E-state index contributed by atoms with van der Waals surface area (Å²) in [4.78, 5) is 7.96. The number of hydrogen-bond acceptors (Lipinski definition) is 1. The highest BCUT2D eigenvalue weighted by Gasteiger charge is 2.10. The number of aromatic amines is 1. The van der Waals surface area contributed by atoms with Crippen LogP contribution in [-0.2, 0) is 0 Å². The second-order valence-electron chi connectivity index (χ2n) is 4.58. The van der Waals surface area contributed by atoms with E-state index in [2.05, 4.69) is 9.97 Å². The lowest BCUT2D eigenvalue weighted by molar-refractivity contribution is 1.26. The minimum atomic E-state index is 0.706. The van der Waals surface area contributed by atoms with Gasteiger partial charge in [0.2, 0.25) is 0 Å². The van der Waals surface area contributed by atoms with E-state index >= 15 is 0 Å². The Morgan fingerprint density at radius 2 is 1.65 bits per heavy atom. The van der Waals surface area contributed by atoms with Gasteiger partial charge < -0.3 is 4.98 Å². The van der Waals surface area contributed by atoms with Gasteiger partial charge in [-0.1, -0.05) is 35.3 Å². The Morgan fingerprint density at radius 1 is 0.900 bits per heavy atom. The molecule has 0 unspecified atom stereocenters. The van der Waals surface area contributed by atoms with Crippen molar-refractivity contribution in [2.24, 2.45) is 0 Å². The molecule has 0 amide bonds. The lowest BCUT2D eigenvalue weighted by Crippen LogP contribution is -1.81. The van der Waals surface area contributed by atoms with E-state index < -0.39 is 0 Å². The summed E-state index contributed by atoms with van der Waals surface area (Å²) in [6.45, 7) is 2.00. The van der Waals surface area contributed by atoms with Gasteiger partial charge in [-0.2, -0.15) is 0 Å². The number of imidazole rings is 1. The van der Waals surface area contributed by atoms with Crippen LogP contribution in [0.1, 0.15) is 5.69 Å². The summed E-state index contributed by atoms with van der Waals surface area (Å²) in [7, 11) is 0. The monoisotopic (exact) mass is 302 g/mol. The van der Waals surface area contributed by atoms with Gasteiger partial charge in [0.25, 0.3) is 0 Å². The van der Waals surface area contributed by atoms with Gasteiger partial charge in [0.1, 0.15) is 5.82 Å². The molecule has 2 aromatic carbocycles. The zero-order chi connectivity index (χ0) is 14.1. The third kappa shape index (κ3) is 2.58. The van der Waals surface area contributed by atoms with Crippen LogP contribution in [0.15, 0.2) is 48.5 Å². The molecule has 1 N–H and O–H groups in total. The minimum Gasteiger partial charge on any atom is -0.342 e. The fourth-order valence-corrected chi connectivity index (χ4v) is 2.44. The molecule has 0 aliphatic rings. The first-order chi connectivity index (χ1) is 9.63. The molecule has 20 heavy (non-hydrogen) atoms. The number of benzene rings is 2. The highest BCUT2D eigenvalue weighted by molar-refractivity contribution is 6.31. The highest BCUT2D eigenvalue weighted by Crippen LogP contribution is 2.27. The summed E-state index contributed by atoms with van der Waals surface area (Å²) in [5.41, 5.74) is 3.94. The first-order valence-electron chi connectivity index (χ1n) is 6.22. The molecule has 0 fully saturated rings. The zero-order valence-electron chi connectivity index (χ0n) is 10.8. The van der Waals surface area contributed by atoms with Gasteiger partial charge in [0.15, 0.2) is 0 Å². The van der Waals surface area contributed by atoms with E-state index in [1.165, 1.54) is 0 Å². The fourth-order valence-electron chi connectivity index (χ4n) is 2.12. The van der Waals surface area contributed by atoms with E-state index in [4.69, 9.17) is 23.2 Å². The van der Waals surface area contributed by atoms with Crippen molar-refractivity contribution in [1.29, 1.82) is 0 Å². The second-order valence-corrected chi connectivity index (χ2v) is 5.45. The fraction of sp³-hybridized carbons (Fsp3) is 0.0625. The number of rotatable bonds is 2. The van der Waals surface area contributed by atoms with Crippen molar-refractivity contribution in [1.82, 2.24) is 9.97 Å². The lowest BCUT2D eigenvalue weighted by atomic mass is 10.1. The number of halogens is 2. The number of hydrogen-bond donors (Lipinski definition) is 1. The summed E-state index contributed by atoms with van der Waals surface area (Å²) in [6, 6.07) is 15.3. The first-order valence-corrected chi connectivity index (χ1v) is 6.97. The summed E-state index contributed by atoms with van der Waals surface area (Å²) < 4.78 is 0. The van der Waals surface area contributed by atoms with E-state index in [0.29, 0.717) is 10.0 Å². The van der Waals surface area contributed by atoms with Gasteiger partial charge in [-0.25, -0.2) is 4.98 Å². The standard InChI is InChI=1S/C16H12Cl2N2/c1-10-15(12-3-2-4-14(18)9-12)20-16(19-10)11-5-7-13(17)8-6-11/h2-9H,1H3,(H,19,20). The topological polar surface area (TPSA) is 28.7 Å². The smallest absolute Gasteiger partial charge is 0.138 e. The van der Waals surface area contributed by atoms with E-state index in [9.17, 15) is 0 Å².